The second kappa shape index (κ2) is 6.22. The molecule has 0 aliphatic heterocycles. The van der Waals surface area contributed by atoms with Crippen molar-refractivity contribution in [3.8, 4) is 0 Å². The van der Waals surface area contributed by atoms with Crippen LogP contribution in [0.1, 0.15) is 24.4 Å². The first-order chi connectivity index (χ1) is 11.8. The Morgan fingerprint density at radius 2 is 2.00 bits per heavy atom. The van der Waals surface area contributed by atoms with E-state index in [4.69, 9.17) is 0 Å². The van der Waals surface area contributed by atoms with Gasteiger partial charge in [-0.2, -0.15) is 0 Å². The number of pyridine rings is 1. The molecule has 1 atom stereocenters. The van der Waals surface area contributed by atoms with Crippen LogP contribution < -0.4 is 4.72 Å². The SMILES string of the molecule is Cc1ccc(S(=O)(=O)NC(C)c2nnc3ccccn23)cc1[N+](=O)[O-]. The maximum absolute atomic E-state index is 12.6. The summed E-state index contributed by atoms with van der Waals surface area (Å²) in [5, 5.41) is 19.0. The van der Waals surface area contributed by atoms with E-state index in [1.165, 1.54) is 12.1 Å². The lowest BCUT2D eigenvalue weighted by Gasteiger charge is -2.13. The Labute approximate surface area is 143 Å². The molecule has 0 aliphatic carbocycles. The van der Waals surface area contributed by atoms with Gasteiger partial charge in [0.2, 0.25) is 10.0 Å². The van der Waals surface area contributed by atoms with Gasteiger partial charge in [0, 0.05) is 17.8 Å². The fraction of sp³-hybridized carbons (Fsp3) is 0.200. The summed E-state index contributed by atoms with van der Waals surface area (Å²) in [5.74, 6) is 0.417. The van der Waals surface area contributed by atoms with Crippen LogP contribution in [0.3, 0.4) is 0 Å². The molecule has 0 saturated carbocycles. The van der Waals surface area contributed by atoms with Crippen molar-refractivity contribution >= 4 is 21.4 Å². The minimum atomic E-state index is -3.96. The van der Waals surface area contributed by atoms with Gasteiger partial charge >= 0.3 is 0 Å². The Morgan fingerprint density at radius 1 is 1.24 bits per heavy atom. The summed E-state index contributed by atoms with van der Waals surface area (Å²) >= 11 is 0. The van der Waals surface area contributed by atoms with Gasteiger partial charge in [-0.3, -0.25) is 14.5 Å². The lowest BCUT2D eigenvalue weighted by Crippen LogP contribution is -2.28. The molecule has 0 bridgehead atoms. The number of benzene rings is 1. The number of sulfonamides is 1. The fourth-order valence-corrected chi connectivity index (χ4v) is 3.68. The molecule has 0 radical (unpaired) electrons. The zero-order valence-electron chi connectivity index (χ0n) is 13.4. The normalized spacial score (nSPS) is 13.0. The monoisotopic (exact) mass is 361 g/mol. The topological polar surface area (TPSA) is 120 Å². The molecule has 25 heavy (non-hydrogen) atoms. The predicted molar refractivity (Wildman–Crippen MR) is 89.6 cm³/mol. The van der Waals surface area contributed by atoms with E-state index in [9.17, 15) is 18.5 Å². The maximum atomic E-state index is 12.6. The zero-order chi connectivity index (χ0) is 18.2. The lowest BCUT2D eigenvalue weighted by atomic mass is 10.2. The third kappa shape index (κ3) is 3.21. The summed E-state index contributed by atoms with van der Waals surface area (Å²) in [5.41, 5.74) is 0.735. The first kappa shape index (κ1) is 17.0. The summed E-state index contributed by atoms with van der Waals surface area (Å²) in [6.07, 6.45) is 1.73. The predicted octanol–water partition coefficient (Wildman–Crippen LogP) is 1.99. The van der Waals surface area contributed by atoms with Crippen LogP contribution in [0.4, 0.5) is 5.69 Å². The van der Waals surface area contributed by atoms with Crippen LogP contribution in [0.25, 0.3) is 5.65 Å². The van der Waals surface area contributed by atoms with Gasteiger partial charge in [0.15, 0.2) is 11.5 Å². The van der Waals surface area contributed by atoms with Crippen LogP contribution in [-0.4, -0.2) is 27.9 Å². The second-order valence-electron chi connectivity index (χ2n) is 5.54. The van der Waals surface area contributed by atoms with Crippen molar-refractivity contribution in [2.24, 2.45) is 0 Å². The van der Waals surface area contributed by atoms with Crippen LogP contribution in [0, 0.1) is 17.0 Å². The summed E-state index contributed by atoms with van der Waals surface area (Å²) in [6, 6.07) is 8.44. The number of fused-ring (bicyclic) bond motifs is 1. The smallest absolute Gasteiger partial charge is 0.273 e. The van der Waals surface area contributed by atoms with E-state index in [0.717, 1.165) is 6.07 Å². The number of aromatic nitrogens is 3. The van der Waals surface area contributed by atoms with Crippen molar-refractivity contribution in [2.45, 2.75) is 24.8 Å². The van der Waals surface area contributed by atoms with Crippen molar-refractivity contribution in [2.75, 3.05) is 0 Å². The average molecular weight is 361 g/mol. The molecule has 1 unspecified atom stereocenters. The number of nitro groups is 1. The highest BCUT2D eigenvalue weighted by Gasteiger charge is 2.24. The quantitative estimate of drug-likeness (QED) is 0.548. The van der Waals surface area contributed by atoms with Gasteiger partial charge < -0.3 is 0 Å². The summed E-state index contributed by atoms with van der Waals surface area (Å²) in [7, 11) is -3.96. The Kier molecular flexibility index (Phi) is 4.23. The zero-order valence-corrected chi connectivity index (χ0v) is 14.3. The first-order valence-corrected chi connectivity index (χ1v) is 8.85. The van der Waals surface area contributed by atoms with Crippen molar-refractivity contribution in [3.05, 3.63) is 64.1 Å². The van der Waals surface area contributed by atoms with E-state index >= 15 is 0 Å². The van der Waals surface area contributed by atoms with E-state index in [1.807, 2.05) is 0 Å². The Hall–Kier alpha value is -2.85. The summed E-state index contributed by atoms with van der Waals surface area (Å²) < 4.78 is 29.3. The number of hydrogen-bond donors (Lipinski definition) is 1. The van der Waals surface area contributed by atoms with Crippen LogP contribution in [0.15, 0.2) is 47.5 Å². The number of nitrogens with one attached hydrogen (secondary N) is 1. The van der Waals surface area contributed by atoms with Crippen molar-refractivity contribution in [3.63, 3.8) is 0 Å². The molecule has 0 amide bonds. The Morgan fingerprint density at radius 3 is 2.72 bits per heavy atom. The molecule has 3 aromatic rings. The molecule has 1 aromatic carbocycles. The molecule has 130 valence electrons. The third-order valence-electron chi connectivity index (χ3n) is 3.75. The Balaban J connectivity index is 1.93. The third-order valence-corrected chi connectivity index (χ3v) is 5.29. The van der Waals surface area contributed by atoms with Gasteiger partial charge in [-0.25, -0.2) is 13.1 Å². The molecule has 2 aromatic heterocycles. The summed E-state index contributed by atoms with van der Waals surface area (Å²) in [4.78, 5) is 10.2. The minimum absolute atomic E-state index is 0.175. The molecular weight excluding hydrogens is 346 g/mol. The van der Waals surface area contributed by atoms with Gasteiger partial charge in [0.25, 0.3) is 5.69 Å². The molecule has 1 N–H and O–H groups in total. The van der Waals surface area contributed by atoms with Crippen LogP contribution in [0.2, 0.25) is 0 Å². The number of nitrogens with zero attached hydrogens (tertiary/aromatic N) is 4. The van der Waals surface area contributed by atoms with Gasteiger partial charge in [-0.15, -0.1) is 10.2 Å². The molecule has 10 heteroatoms. The van der Waals surface area contributed by atoms with Gasteiger partial charge in [0.1, 0.15) is 0 Å². The molecular formula is C15H15N5O4S. The molecule has 0 spiro atoms. The van der Waals surface area contributed by atoms with Gasteiger partial charge in [-0.1, -0.05) is 12.1 Å². The highest BCUT2D eigenvalue weighted by Crippen LogP contribution is 2.23. The number of nitro benzene ring substituents is 1. The van der Waals surface area contributed by atoms with E-state index in [2.05, 4.69) is 14.9 Å². The molecule has 9 nitrogen and oxygen atoms in total. The molecule has 0 fully saturated rings. The van der Waals surface area contributed by atoms with Crippen LogP contribution in [0.5, 0.6) is 0 Å². The molecule has 0 saturated heterocycles. The summed E-state index contributed by atoms with van der Waals surface area (Å²) in [6.45, 7) is 3.18. The van der Waals surface area contributed by atoms with E-state index < -0.39 is 21.0 Å². The van der Waals surface area contributed by atoms with Crippen molar-refractivity contribution in [1.82, 2.24) is 19.3 Å². The van der Waals surface area contributed by atoms with Crippen molar-refractivity contribution < 1.29 is 13.3 Å². The average Bonchev–Trinajstić information content (AvgIpc) is 2.98. The highest BCUT2D eigenvalue weighted by molar-refractivity contribution is 7.89. The van der Waals surface area contributed by atoms with E-state index in [-0.39, 0.29) is 10.6 Å². The van der Waals surface area contributed by atoms with Crippen LogP contribution in [-0.2, 0) is 10.0 Å². The van der Waals surface area contributed by atoms with Crippen LogP contribution >= 0.6 is 0 Å². The fourth-order valence-electron chi connectivity index (χ4n) is 2.46. The largest absolute Gasteiger partial charge is 0.285 e. The number of hydrogen-bond acceptors (Lipinski definition) is 6. The Bertz CT molecular complexity index is 1060. The van der Waals surface area contributed by atoms with Gasteiger partial charge in [0.05, 0.1) is 15.9 Å². The first-order valence-electron chi connectivity index (χ1n) is 7.36. The number of rotatable bonds is 5. The molecule has 0 aliphatic rings. The lowest BCUT2D eigenvalue weighted by molar-refractivity contribution is -0.385. The van der Waals surface area contributed by atoms with Crippen molar-refractivity contribution in [1.29, 1.82) is 0 Å². The second-order valence-corrected chi connectivity index (χ2v) is 7.25. The minimum Gasteiger partial charge on any atom is -0.285 e. The van der Waals surface area contributed by atoms with E-state index in [1.54, 1.807) is 42.6 Å². The maximum Gasteiger partial charge on any atom is 0.273 e. The standard InChI is InChI=1S/C15H15N5O4S/c1-10-6-7-12(9-13(10)20(21)22)25(23,24)18-11(2)15-17-16-14-5-3-4-8-19(14)15/h3-9,11,18H,1-2H3. The van der Waals surface area contributed by atoms with E-state index in [0.29, 0.717) is 17.0 Å². The highest BCUT2D eigenvalue weighted by atomic mass is 32.2. The number of aryl methyl sites for hydroxylation is 1. The molecule has 2 heterocycles. The molecule has 3 rings (SSSR count). The van der Waals surface area contributed by atoms with Gasteiger partial charge in [-0.05, 0) is 32.0 Å².